The molecular weight excluding hydrogens is 368 g/mol. The first-order valence-corrected chi connectivity index (χ1v) is 9.55. The quantitative estimate of drug-likeness (QED) is 0.709. The zero-order valence-electron chi connectivity index (χ0n) is 16.1. The Morgan fingerprint density at radius 1 is 1.07 bits per heavy atom. The second-order valence-corrected chi connectivity index (χ2v) is 6.93. The molecule has 2 heterocycles. The molecule has 1 aromatic heterocycles. The number of benzene rings is 2. The van der Waals surface area contributed by atoms with E-state index < -0.39 is 6.04 Å². The largest absolute Gasteiger partial charge is 0.497 e. The van der Waals surface area contributed by atoms with Crippen LogP contribution in [0.25, 0.3) is 11.1 Å². The number of nitrogens with zero attached hydrogens (tertiary/aromatic N) is 1. The van der Waals surface area contributed by atoms with Crippen LogP contribution >= 0.6 is 0 Å². The molecule has 6 heteroatoms. The molecule has 0 unspecified atom stereocenters. The lowest BCUT2D eigenvalue weighted by atomic mass is 10.0. The van der Waals surface area contributed by atoms with Gasteiger partial charge in [0.25, 0.3) is 5.91 Å². The first-order valence-electron chi connectivity index (χ1n) is 9.55. The number of ether oxygens (including phenoxy) is 1. The van der Waals surface area contributed by atoms with E-state index in [0.717, 1.165) is 23.3 Å². The van der Waals surface area contributed by atoms with Gasteiger partial charge in [0, 0.05) is 12.2 Å². The highest BCUT2D eigenvalue weighted by Gasteiger charge is 2.35. The van der Waals surface area contributed by atoms with Crippen LogP contribution in [0.2, 0.25) is 0 Å². The summed E-state index contributed by atoms with van der Waals surface area (Å²) in [4.78, 5) is 26.9. The summed E-state index contributed by atoms with van der Waals surface area (Å²) in [6.07, 6.45) is 2.89. The molecule has 1 atom stereocenters. The first kappa shape index (κ1) is 18.8. The molecule has 1 aliphatic rings. The lowest BCUT2D eigenvalue weighted by molar-refractivity contribution is -0.119. The standard InChI is InChI=1S/C23H22N2O4/c1-28-19-6-2-5-17(15-19)16-9-11-18(12-10-16)24-22(26)20-7-3-13-25(20)23(27)21-8-4-14-29-21/h2,4-6,8-12,14-15,20H,3,7,13H2,1H3,(H,24,26)/t20-/m1/s1. The second-order valence-electron chi connectivity index (χ2n) is 6.93. The Hall–Kier alpha value is -3.54. The molecule has 4 rings (SSSR count). The lowest BCUT2D eigenvalue weighted by Gasteiger charge is -2.23. The van der Waals surface area contributed by atoms with Gasteiger partial charge in [-0.2, -0.15) is 0 Å². The average molecular weight is 390 g/mol. The Morgan fingerprint density at radius 2 is 1.90 bits per heavy atom. The van der Waals surface area contributed by atoms with E-state index in [9.17, 15) is 9.59 Å². The number of methoxy groups -OCH3 is 1. The predicted octanol–water partition coefficient (Wildman–Crippen LogP) is 4.20. The van der Waals surface area contributed by atoms with E-state index in [1.807, 2.05) is 48.5 Å². The molecule has 0 radical (unpaired) electrons. The van der Waals surface area contributed by atoms with Crippen LogP contribution in [0.3, 0.4) is 0 Å². The van der Waals surface area contributed by atoms with Gasteiger partial charge in [0.1, 0.15) is 11.8 Å². The van der Waals surface area contributed by atoms with Gasteiger partial charge in [0.2, 0.25) is 5.91 Å². The molecule has 6 nitrogen and oxygen atoms in total. The number of carbonyl (C=O) groups is 2. The van der Waals surface area contributed by atoms with Crippen molar-refractivity contribution in [2.45, 2.75) is 18.9 Å². The molecule has 1 saturated heterocycles. The Balaban J connectivity index is 1.44. The van der Waals surface area contributed by atoms with E-state index >= 15 is 0 Å². The average Bonchev–Trinajstić information content (AvgIpc) is 3.46. The number of rotatable bonds is 5. The van der Waals surface area contributed by atoms with Crippen molar-refractivity contribution in [1.82, 2.24) is 4.90 Å². The molecule has 0 spiro atoms. The highest BCUT2D eigenvalue weighted by Crippen LogP contribution is 2.26. The third-order valence-corrected chi connectivity index (χ3v) is 5.10. The Morgan fingerprint density at radius 3 is 2.62 bits per heavy atom. The number of furan rings is 1. The molecule has 0 aliphatic carbocycles. The van der Waals surface area contributed by atoms with Gasteiger partial charge in [0.15, 0.2) is 5.76 Å². The van der Waals surface area contributed by atoms with Crippen LogP contribution in [-0.4, -0.2) is 36.4 Å². The first-order chi connectivity index (χ1) is 14.2. The summed E-state index contributed by atoms with van der Waals surface area (Å²) in [6.45, 7) is 0.548. The van der Waals surface area contributed by atoms with Crippen LogP contribution in [0.4, 0.5) is 5.69 Å². The smallest absolute Gasteiger partial charge is 0.290 e. The summed E-state index contributed by atoms with van der Waals surface area (Å²) in [5, 5.41) is 2.93. The zero-order chi connectivity index (χ0) is 20.2. The predicted molar refractivity (Wildman–Crippen MR) is 110 cm³/mol. The van der Waals surface area contributed by atoms with E-state index in [-0.39, 0.29) is 17.6 Å². The molecule has 0 bridgehead atoms. The fraction of sp³-hybridized carbons (Fsp3) is 0.217. The molecule has 1 fully saturated rings. The maximum Gasteiger partial charge on any atom is 0.290 e. The second kappa shape index (κ2) is 8.22. The Kier molecular flexibility index (Phi) is 5.33. The van der Waals surface area contributed by atoms with Crippen LogP contribution in [0.15, 0.2) is 71.3 Å². The van der Waals surface area contributed by atoms with Crippen LogP contribution in [-0.2, 0) is 4.79 Å². The van der Waals surface area contributed by atoms with E-state index in [1.165, 1.54) is 6.26 Å². The fourth-order valence-electron chi connectivity index (χ4n) is 3.60. The highest BCUT2D eigenvalue weighted by molar-refractivity contribution is 6.00. The number of carbonyl (C=O) groups excluding carboxylic acids is 2. The molecule has 29 heavy (non-hydrogen) atoms. The molecule has 1 N–H and O–H groups in total. The Labute approximate surface area is 169 Å². The molecule has 3 aromatic rings. The number of nitrogens with one attached hydrogen (secondary N) is 1. The minimum atomic E-state index is -0.495. The zero-order valence-corrected chi connectivity index (χ0v) is 16.1. The highest BCUT2D eigenvalue weighted by atomic mass is 16.5. The molecule has 1 aliphatic heterocycles. The maximum absolute atomic E-state index is 12.8. The van der Waals surface area contributed by atoms with Gasteiger partial charge < -0.3 is 19.4 Å². The van der Waals surface area contributed by atoms with Crippen LogP contribution in [0, 0.1) is 0 Å². The number of anilines is 1. The van der Waals surface area contributed by atoms with Gasteiger partial charge in [-0.3, -0.25) is 9.59 Å². The molecule has 148 valence electrons. The van der Waals surface area contributed by atoms with Crippen molar-refractivity contribution in [3.63, 3.8) is 0 Å². The third-order valence-electron chi connectivity index (χ3n) is 5.10. The van der Waals surface area contributed by atoms with Crippen LogP contribution in [0.5, 0.6) is 5.75 Å². The van der Waals surface area contributed by atoms with E-state index in [2.05, 4.69) is 5.32 Å². The summed E-state index contributed by atoms with van der Waals surface area (Å²) in [7, 11) is 1.64. The number of hydrogen-bond donors (Lipinski definition) is 1. The molecule has 2 aromatic carbocycles. The summed E-state index contributed by atoms with van der Waals surface area (Å²) in [5.41, 5.74) is 2.75. The van der Waals surface area contributed by atoms with Crippen molar-refractivity contribution in [2.24, 2.45) is 0 Å². The molecule has 0 saturated carbocycles. The molecular formula is C23H22N2O4. The van der Waals surface area contributed by atoms with Crippen molar-refractivity contribution < 1.29 is 18.7 Å². The van der Waals surface area contributed by atoms with Crippen molar-refractivity contribution >= 4 is 17.5 Å². The summed E-state index contributed by atoms with van der Waals surface area (Å²) in [5.74, 6) is 0.618. The van der Waals surface area contributed by atoms with Crippen LogP contribution < -0.4 is 10.1 Å². The Bertz CT molecular complexity index is 996. The van der Waals surface area contributed by atoms with Crippen molar-refractivity contribution in [2.75, 3.05) is 19.0 Å². The van der Waals surface area contributed by atoms with Crippen LogP contribution in [0.1, 0.15) is 23.4 Å². The van der Waals surface area contributed by atoms with Gasteiger partial charge >= 0.3 is 0 Å². The number of amides is 2. The SMILES string of the molecule is COc1cccc(-c2ccc(NC(=O)[C@H]3CCCN3C(=O)c3ccco3)cc2)c1. The van der Waals surface area contributed by atoms with Gasteiger partial charge in [0.05, 0.1) is 13.4 Å². The van der Waals surface area contributed by atoms with Gasteiger partial charge in [-0.1, -0.05) is 24.3 Å². The number of hydrogen-bond acceptors (Lipinski definition) is 4. The summed E-state index contributed by atoms with van der Waals surface area (Å²) >= 11 is 0. The van der Waals surface area contributed by atoms with Gasteiger partial charge in [-0.25, -0.2) is 0 Å². The van der Waals surface area contributed by atoms with E-state index in [0.29, 0.717) is 18.7 Å². The summed E-state index contributed by atoms with van der Waals surface area (Å²) < 4.78 is 10.5. The number of likely N-dealkylation sites (tertiary alicyclic amines) is 1. The topological polar surface area (TPSA) is 71.8 Å². The lowest BCUT2D eigenvalue weighted by Crippen LogP contribution is -2.43. The van der Waals surface area contributed by atoms with Gasteiger partial charge in [-0.15, -0.1) is 0 Å². The molecule has 2 amide bonds. The van der Waals surface area contributed by atoms with Gasteiger partial charge in [-0.05, 0) is 60.4 Å². The third kappa shape index (κ3) is 4.01. The van der Waals surface area contributed by atoms with Crippen molar-refractivity contribution in [3.8, 4) is 16.9 Å². The minimum Gasteiger partial charge on any atom is -0.497 e. The van der Waals surface area contributed by atoms with Crippen molar-refractivity contribution in [1.29, 1.82) is 0 Å². The fourth-order valence-corrected chi connectivity index (χ4v) is 3.60. The minimum absolute atomic E-state index is 0.184. The summed E-state index contributed by atoms with van der Waals surface area (Å²) in [6, 6.07) is 18.2. The van der Waals surface area contributed by atoms with Crippen molar-refractivity contribution in [3.05, 3.63) is 72.7 Å². The van der Waals surface area contributed by atoms with E-state index in [4.69, 9.17) is 9.15 Å². The van der Waals surface area contributed by atoms with E-state index in [1.54, 1.807) is 24.1 Å². The monoisotopic (exact) mass is 390 g/mol. The maximum atomic E-state index is 12.8. The normalized spacial score (nSPS) is 15.9.